The number of amides is 1. The van der Waals surface area contributed by atoms with Gasteiger partial charge in [0, 0.05) is 0 Å². The molecule has 0 fully saturated rings. The fraction of sp³-hybridized carbons (Fsp3) is 0.250. The van der Waals surface area contributed by atoms with Crippen molar-refractivity contribution >= 4 is 16.8 Å². The monoisotopic (exact) mass is 229 g/mol. The second kappa shape index (κ2) is 3.41. The number of hydrogen-bond acceptors (Lipinski definition) is 3. The number of rotatable bonds is 0. The fourth-order valence-electron chi connectivity index (χ4n) is 2.15. The fourth-order valence-corrected chi connectivity index (χ4v) is 2.15. The Hall–Kier alpha value is -2.17. The van der Waals surface area contributed by atoms with E-state index in [0.717, 1.165) is 0 Å². The van der Waals surface area contributed by atoms with Crippen LogP contribution < -0.4 is 10.9 Å². The van der Waals surface area contributed by atoms with Crippen LogP contribution in [0.3, 0.4) is 0 Å². The molecule has 2 aromatic rings. The molecule has 1 aliphatic rings. The number of carbonyl (C=O) groups is 1. The number of carbonyl (C=O) groups excluding carboxylic acids is 1. The number of hydrogen-bond donors (Lipinski definition) is 1. The van der Waals surface area contributed by atoms with Gasteiger partial charge in [0.05, 0.1) is 17.4 Å². The molecule has 0 saturated heterocycles. The van der Waals surface area contributed by atoms with E-state index in [4.69, 9.17) is 0 Å². The van der Waals surface area contributed by atoms with Gasteiger partial charge in [0.2, 0.25) is 5.91 Å². The molecule has 1 amide bonds. The van der Waals surface area contributed by atoms with E-state index in [1.807, 2.05) is 6.07 Å². The third kappa shape index (κ3) is 1.35. The molecule has 1 N–H and O–H groups in total. The molecule has 1 aliphatic heterocycles. The third-order valence-electron chi connectivity index (χ3n) is 3.07. The zero-order valence-electron chi connectivity index (χ0n) is 9.30. The molecule has 5 heteroatoms. The lowest BCUT2D eigenvalue weighted by Gasteiger charge is -2.24. The standard InChI is InChI=1S/C12H11N3O2/c1-7-11(16)13-6-10-14-9-5-3-2-4-8(9)12(17)15(7)10/h2-5,7H,6H2,1H3,(H,13,16)/t7-/m1/s1. The zero-order valence-corrected chi connectivity index (χ0v) is 9.30. The van der Waals surface area contributed by atoms with Gasteiger partial charge in [-0.1, -0.05) is 12.1 Å². The highest BCUT2D eigenvalue weighted by Crippen LogP contribution is 2.15. The van der Waals surface area contributed by atoms with Crippen molar-refractivity contribution in [1.29, 1.82) is 0 Å². The smallest absolute Gasteiger partial charge is 0.262 e. The molecule has 0 spiro atoms. The molecule has 0 aliphatic carbocycles. The summed E-state index contributed by atoms with van der Waals surface area (Å²) in [5.41, 5.74) is 0.528. The first-order valence-electron chi connectivity index (χ1n) is 5.46. The average Bonchev–Trinajstić information content (AvgIpc) is 2.34. The Morgan fingerprint density at radius 1 is 1.35 bits per heavy atom. The van der Waals surface area contributed by atoms with Crippen molar-refractivity contribution in [3.05, 3.63) is 40.4 Å². The van der Waals surface area contributed by atoms with E-state index < -0.39 is 6.04 Å². The second-order valence-electron chi connectivity index (χ2n) is 4.11. The Morgan fingerprint density at radius 2 is 2.12 bits per heavy atom. The summed E-state index contributed by atoms with van der Waals surface area (Å²) in [5.74, 6) is 0.470. The number of benzene rings is 1. The lowest BCUT2D eigenvalue weighted by atomic mass is 10.2. The summed E-state index contributed by atoms with van der Waals surface area (Å²) >= 11 is 0. The van der Waals surface area contributed by atoms with Gasteiger partial charge in [-0.25, -0.2) is 4.98 Å². The molecule has 17 heavy (non-hydrogen) atoms. The van der Waals surface area contributed by atoms with Crippen LogP contribution in [0.2, 0.25) is 0 Å². The maximum Gasteiger partial charge on any atom is 0.262 e. The number of para-hydroxylation sites is 1. The lowest BCUT2D eigenvalue weighted by molar-refractivity contribution is -0.125. The van der Waals surface area contributed by atoms with Crippen molar-refractivity contribution in [2.45, 2.75) is 19.5 Å². The van der Waals surface area contributed by atoms with Crippen molar-refractivity contribution in [3.8, 4) is 0 Å². The van der Waals surface area contributed by atoms with Gasteiger partial charge < -0.3 is 5.32 Å². The quantitative estimate of drug-likeness (QED) is 0.719. The van der Waals surface area contributed by atoms with Crippen molar-refractivity contribution in [2.24, 2.45) is 0 Å². The molecule has 0 saturated carbocycles. The minimum atomic E-state index is -0.497. The van der Waals surface area contributed by atoms with Crippen molar-refractivity contribution in [2.75, 3.05) is 0 Å². The first-order valence-corrected chi connectivity index (χ1v) is 5.46. The van der Waals surface area contributed by atoms with Crippen LogP contribution in [0.4, 0.5) is 0 Å². The molecular formula is C12H11N3O2. The molecule has 0 unspecified atom stereocenters. The Labute approximate surface area is 97.1 Å². The number of fused-ring (bicyclic) bond motifs is 2. The first kappa shape index (κ1) is 10.0. The average molecular weight is 229 g/mol. The van der Waals surface area contributed by atoms with Crippen LogP contribution in [0.25, 0.3) is 10.9 Å². The first-order chi connectivity index (χ1) is 8.18. The Kier molecular flexibility index (Phi) is 2.01. The maximum absolute atomic E-state index is 12.3. The molecule has 86 valence electrons. The molecule has 1 aromatic carbocycles. The highest BCUT2D eigenvalue weighted by atomic mass is 16.2. The molecule has 1 atom stereocenters. The molecule has 5 nitrogen and oxygen atoms in total. The number of nitrogens with one attached hydrogen (secondary N) is 1. The highest BCUT2D eigenvalue weighted by molar-refractivity contribution is 5.82. The van der Waals surface area contributed by atoms with Gasteiger partial charge in [-0.3, -0.25) is 14.2 Å². The van der Waals surface area contributed by atoms with Crippen molar-refractivity contribution < 1.29 is 4.79 Å². The van der Waals surface area contributed by atoms with E-state index in [-0.39, 0.29) is 11.5 Å². The summed E-state index contributed by atoms with van der Waals surface area (Å²) in [6.45, 7) is 2.01. The van der Waals surface area contributed by atoms with Crippen LogP contribution in [-0.4, -0.2) is 15.5 Å². The van der Waals surface area contributed by atoms with Gasteiger partial charge in [0.25, 0.3) is 5.56 Å². The molecular weight excluding hydrogens is 218 g/mol. The van der Waals surface area contributed by atoms with Gasteiger partial charge >= 0.3 is 0 Å². The van der Waals surface area contributed by atoms with Crippen molar-refractivity contribution in [1.82, 2.24) is 14.9 Å². The Bertz CT molecular complexity index is 675. The summed E-state index contributed by atoms with van der Waals surface area (Å²) < 4.78 is 1.47. The molecule has 1 aromatic heterocycles. The normalized spacial score (nSPS) is 18.9. The maximum atomic E-state index is 12.3. The predicted octanol–water partition coefficient (Wildman–Crippen LogP) is 0.587. The molecule has 0 bridgehead atoms. The van der Waals surface area contributed by atoms with Crippen molar-refractivity contribution in [3.63, 3.8) is 0 Å². The van der Waals surface area contributed by atoms with E-state index in [2.05, 4.69) is 10.3 Å². The van der Waals surface area contributed by atoms with Gasteiger partial charge in [-0.2, -0.15) is 0 Å². The van der Waals surface area contributed by atoms with Gasteiger partial charge in [-0.05, 0) is 19.1 Å². The summed E-state index contributed by atoms with van der Waals surface area (Å²) in [7, 11) is 0. The topological polar surface area (TPSA) is 64.0 Å². The number of nitrogens with zero attached hydrogens (tertiary/aromatic N) is 2. The predicted molar refractivity (Wildman–Crippen MR) is 62.6 cm³/mol. The van der Waals surface area contributed by atoms with Crippen LogP contribution in [0, 0.1) is 0 Å². The Balaban J connectivity index is 2.40. The summed E-state index contributed by atoms with van der Waals surface area (Å²) in [4.78, 5) is 28.2. The molecule has 3 rings (SSSR count). The van der Waals surface area contributed by atoms with Crippen LogP contribution in [0.1, 0.15) is 18.8 Å². The SMILES string of the molecule is C[C@@H]1C(=O)NCc2nc3ccccc3c(=O)n21. The minimum Gasteiger partial charge on any atom is -0.347 e. The zero-order chi connectivity index (χ0) is 12.0. The third-order valence-corrected chi connectivity index (χ3v) is 3.07. The van der Waals surface area contributed by atoms with Gasteiger partial charge in [0.15, 0.2) is 0 Å². The largest absolute Gasteiger partial charge is 0.347 e. The molecule has 0 radical (unpaired) electrons. The minimum absolute atomic E-state index is 0.142. The van der Waals surface area contributed by atoms with E-state index in [9.17, 15) is 9.59 Å². The van der Waals surface area contributed by atoms with E-state index >= 15 is 0 Å². The van der Waals surface area contributed by atoms with E-state index in [1.54, 1.807) is 25.1 Å². The van der Waals surface area contributed by atoms with Crippen LogP contribution in [-0.2, 0) is 11.3 Å². The number of aromatic nitrogens is 2. The van der Waals surface area contributed by atoms with Crippen LogP contribution in [0.15, 0.2) is 29.1 Å². The van der Waals surface area contributed by atoms with Crippen LogP contribution >= 0.6 is 0 Å². The van der Waals surface area contributed by atoms with Crippen LogP contribution in [0.5, 0.6) is 0 Å². The summed E-state index contributed by atoms with van der Waals surface area (Å²) in [6, 6.07) is 6.68. The summed E-state index contributed by atoms with van der Waals surface area (Å²) in [5, 5.41) is 3.27. The van der Waals surface area contributed by atoms with E-state index in [1.165, 1.54) is 4.57 Å². The lowest BCUT2D eigenvalue weighted by Crippen LogP contribution is -2.43. The highest BCUT2D eigenvalue weighted by Gasteiger charge is 2.25. The molecule has 2 heterocycles. The second-order valence-corrected chi connectivity index (χ2v) is 4.11. The van der Waals surface area contributed by atoms with E-state index in [0.29, 0.717) is 23.3 Å². The Morgan fingerprint density at radius 3 is 2.94 bits per heavy atom. The van der Waals surface area contributed by atoms with Gasteiger partial charge in [0.1, 0.15) is 11.9 Å². The van der Waals surface area contributed by atoms with Gasteiger partial charge in [-0.15, -0.1) is 0 Å². The summed E-state index contributed by atoms with van der Waals surface area (Å²) in [6.07, 6.45) is 0.